The number of aromatic nitrogens is 2. The van der Waals surface area contributed by atoms with Crippen molar-refractivity contribution in [3.8, 4) is 0 Å². The third-order valence-electron chi connectivity index (χ3n) is 3.19. The van der Waals surface area contributed by atoms with Crippen LogP contribution in [0.1, 0.15) is 50.0 Å². The van der Waals surface area contributed by atoms with Crippen molar-refractivity contribution < 1.29 is 0 Å². The molecular weight excluding hydrogens is 216 g/mol. The van der Waals surface area contributed by atoms with Gasteiger partial charge in [-0.3, -0.25) is 0 Å². The van der Waals surface area contributed by atoms with Gasteiger partial charge >= 0.3 is 0 Å². The maximum Gasteiger partial charge on any atom is 0.234 e. The van der Waals surface area contributed by atoms with E-state index in [1.165, 1.54) is 43.6 Å². The lowest BCUT2D eigenvalue weighted by molar-refractivity contribution is 0.318. The van der Waals surface area contributed by atoms with E-state index in [4.69, 9.17) is 11.6 Å². The highest BCUT2D eigenvalue weighted by atomic mass is 35.5. The molecule has 14 heavy (non-hydrogen) atoms. The minimum absolute atomic E-state index is 0.419. The summed E-state index contributed by atoms with van der Waals surface area (Å²) in [5, 5.41) is 1.56. The molecule has 2 rings (SSSR count). The molecule has 0 amide bonds. The Morgan fingerprint density at radius 2 is 2.07 bits per heavy atom. The normalized spacial score (nSPS) is 27.9. The Hall–Kier alpha value is -0.150. The standard InChI is InChI=1S/C10H15ClN2S/c1-2-7-3-5-8(6-4-7)9-12-10(11)13-14-9/h7-8H,2-6H2,1H3. The van der Waals surface area contributed by atoms with Crippen molar-refractivity contribution in [2.75, 3.05) is 0 Å². The molecule has 1 aliphatic rings. The first kappa shape index (κ1) is 10.4. The number of nitrogens with zero attached hydrogens (tertiary/aromatic N) is 2. The van der Waals surface area contributed by atoms with Gasteiger partial charge in [0.15, 0.2) is 0 Å². The molecular formula is C10H15ClN2S. The van der Waals surface area contributed by atoms with Gasteiger partial charge < -0.3 is 0 Å². The Bertz CT molecular complexity index is 292. The van der Waals surface area contributed by atoms with Gasteiger partial charge in [0.05, 0.1) is 0 Å². The average molecular weight is 231 g/mol. The summed E-state index contributed by atoms with van der Waals surface area (Å²) in [7, 11) is 0. The quantitative estimate of drug-likeness (QED) is 0.771. The second kappa shape index (κ2) is 4.58. The van der Waals surface area contributed by atoms with Crippen molar-refractivity contribution >= 4 is 23.1 Å². The Kier molecular flexibility index (Phi) is 3.39. The Balaban J connectivity index is 1.95. The summed E-state index contributed by atoms with van der Waals surface area (Å²) in [5.41, 5.74) is 0. The van der Waals surface area contributed by atoms with Gasteiger partial charge in [0.25, 0.3) is 0 Å². The van der Waals surface area contributed by atoms with Gasteiger partial charge in [0.1, 0.15) is 5.01 Å². The molecule has 0 bridgehead atoms. The lowest BCUT2D eigenvalue weighted by atomic mass is 9.81. The smallest absolute Gasteiger partial charge is 0.209 e. The summed E-state index contributed by atoms with van der Waals surface area (Å²) in [5.74, 6) is 1.57. The molecule has 1 aliphatic carbocycles. The number of rotatable bonds is 2. The molecule has 1 saturated carbocycles. The second-order valence-electron chi connectivity index (χ2n) is 4.03. The Labute approximate surface area is 93.9 Å². The van der Waals surface area contributed by atoms with Crippen LogP contribution < -0.4 is 0 Å². The van der Waals surface area contributed by atoms with Crippen molar-refractivity contribution in [3.05, 3.63) is 10.3 Å². The lowest BCUT2D eigenvalue weighted by Crippen LogP contribution is -2.12. The van der Waals surface area contributed by atoms with Crippen LogP contribution >= 0.6 is 23.1 Å². The van der Waals surface area contributed by atoms with Crippen molar-refractivity contribution in [2.24, 2.45) is 5.92 Å². The summed E-state index contributed by atoms with van der Waals surface area (Å²) in [4.78, 5) is 4.26. The monoisotopic (exact) mass is 230 g/mol. The highest BCUT2D eigenvalue weighted by molar-refractivity contribution is 7.05. The van der Waals surface area contributed by atoms with E-state index < -0.39 is 0 Å². The van der Waals surface area contributed by atoms with Crippen molar-refractivity contribution in [1.29, 1.82) is 0 Å². The van der Waals surface area contributed by atoms with Gasteiger partial charge in [-0.05, 0) is 54.7 Å². The molecule has 0 atom stereocenters. The van der Waals surface area contributed by atoms with Crippen LogP contribution in [-0.2, 0) is 0 Å². The van der Waals surface area contributed by atoms with Crippen molar-refractivity contribution in [2.45, 2.75) is 44.9 Å². The van der Waals surface area contributed by atoms with Gasteiger partial charge in [-0.2, -0.15) is 4.37 Å². The molecule has 0 saturated heterocycles. The lowest BCUT2D eigenvalue weighted by Gasteiger charge is -2.25. The molecule has 1 aromatic heterocycles. The SMILES string of the molecule is CCC1CCC(c2nc(Cl)ns2)CC1. The minimum atomic E-state index is 0.419. The van der Waals surface area contributed by atoms with E-state index in [2.05, 4.69) is 16.3 Å². The summed E-state index contributed by atoms with van der Waals surface area (Å²) in [6, 6.07) is 0. The van der Waals surface area contributed by atoms with Gasteiger partial charge in [0.2, 0.25) is 5.28 Å². The minimum Gasteiger partial charge on any atom is -0.209 e. The molecule has 0 N–H and O–H groups in total. The molecule has 78 valence electrons. The van der Waals surface area contributed by atoms with Crippen LogP contribution in [0, 0.1) is 5.92 Å². The third kappa shape index (κ3) is 2.26. The zero-order chi connectivity index (χ0) is 9.97. The summed E-state index contributed by atoms with van der Waals surface area (Å²) < 4.78 is 4.03. The fraction of sp³-hybridized carbons (Fsp3) is 0.800. The topological polar surface area (TPSA) is 25.8 Å². The molecule has 2 nitrogen and oxygen atoms in total. The van der Waals surface area contributed by atoms with Crippen LogP contribution in [0.5, 0.6) is 0 Å². The molecule has 0 spiro atoms. The number of hydrogen-bond donors (Lipinski definition) is 0. The molecule has 1 heterocycles. The molecule has 4 heteroatoms. The maximum absolute atomic E-state index is 5.72. The van der Waals surface area contributed by atoms with E-state index in [1.54, 1.807) is 0 Å². The molecule has 0 radical (unpaired) electrons. The predicted molar refractivity (Wildman–Crippen MR) is 59.9 cm³/mol. The zero-order valence-electron chi connectivity index (χ0n) is 8.37. The first-order valence-electron chi connectivity index (χ1n) is 5.28. The second-order valence-corrected chi connectivity index (χ2v) is 5.15. The zero-order valence-corrected chi connectivity index (χ0v) is 9.94. The van der Waals surface area contributed by atoms with Crippen molar-refractivity contribution in [1.82, 2.24) is 9.36 Å². The number of halogens is 1. The van der Waals surface area contributed by atoms with E-state index in [0.717, 1.165) is 10.9 Å². The van der Waals surface area contributed by atoms with Crippen molar-refractivity contribution in [3.63, 3.8) is 0 Å². The van der Waals surface area contributed by atoms with Gasteiger partial charge in [-0.1, -0.05) is 13.3 Å². The first-order valence-corrected chi connectivity index (χ1v) is 6.43. The van der Waals surface area contributed by atoms with Gasteiger partial charge in [0, 0.05) is 5.92 Å². The highest BCUT2D eigenvalue weighted by Crippen LogP contribution is 2.37. The van der Waals surface area contributed by atoms with E-state index in [0.29, 0.717) is 11.2 Å². The summed E-state index contributed by atoms with van der Waals surface area (Å²) in [6.45, 7) is 2.28. The third-order valence-corrected chi connectivity index (χ3v) is 4.34. The predicted octanol–water partition coefficient (Wildman–Crippen LogP) is 3.88. The van der Waals surface area contributed by atoms with Crippen LogP contribution in [0.4, 0.5) is 0 Å². The molecule has 1 aromatic rings. The van der Waals surface area contributed by atoms with Crippen LogP contribution in [0.3, 0.4) is 0 Å². The molecule has 0 aliphatic heterocycles. The van der Waals surface area contributed by atoms with E-state index in [-0.39, 0.29) is 0 Å². The fourth-order valence-electron chi connectivity index (χ4n) is 2.20. The fourth-order valence-corrected chi connectivity index (χ4v) is 3.17. The first-order chi connectivity index (χ1) is 6.79. The highest BCUT2D eigenvalue weighted by Gasteiger charge is 2.23. The van der Waals surface area contributed by atoms with Gasteiger partial charge in [-0.15, -0.1) is 0 Å². The molecule has 0 unspecified atom stereocenters. The molecule has 0 aromatic carbocycles. The maximum atomic E-state index is 5.72. The van der Waals surface area contributed by atoms with Crippen LogP contribution in [0.15, 0.2) is 0 Å². The van der Waals surface area contributed by atoms with Gasteiger partial charge in [-0.25, -0.2) is 4.98 Å². The summed E-state index contributed by atoms with van der Waals surface area (Å²) >= 11 is 7.20. The Morgan fingerprint density at radius 3 is 2.57 bits per heavy atom. The Morgan fingerprint density at radius 1 is 1.36 bits per heavy atom. The van der Waals surface area contributed by atoms with E-state index in [1.807, 2.05) is 0 Å². The van der Waals surface area contributed by atoms with Crippen LogP contribution in [0.25, 0.3) is 0 Å². The summed E-state index contributed by atoms with van der Waals surface area (Å²) in [6.07, 6.45) is 6.55. The van der Waals surface area contributed by atoms with E-state index >= 15 is 0 Å². The van der Waals surface area contributed by atoms with E-state index in [9.17, 15) is 0 Å². The van der Waals surface area contributed by atoms with Crippen LogP contribution in [0.2, 0.25) is 5.28 Å². The number of hydrogen-bond acceptors (Lipinski definition) is 3. The largest absolute Gasteiger partial charge is 0.234 e. The molecule has 1 fully saturated rings. The average Bonchev–Trinajstić information content (AvgIpc) is 2.65. The van der Waals surface area contributed by atoms with Crippen LogP contribution in [-0.4, -0.2) is 9.36 Å².